The molecule has 1 N–H and O–H groups in total. The standard InChI is InChI=1S/C14H25N3O2/c1-4-7-8-14(6-3,13(18)19)10-12-15-11-16-17(12)9-5-2/h11H,4-10H2,1-3H3,(H,18,19). The number of nitrogens with zero attached hydrogens (tertiary/aromatic N) is 3. The van der Waals surface area contributed by atoms with Crippen LogP contribution in [0.2, 0.25) is 0 Å². The smallest absolute Gasteiger partial charge is 0.310 e. The highest BCUT2D eigenvalue weighted by molar-refractivity contribution is 5.74. The fourth-order valence-corrected chi connectivity index (χ4v) is 2.37. The largest absolute Gasteiger partial charge is 0.481 e. The van der Waals surface area contributed by atoms with Gasteiger partial charge in [-0.05, 0) is 19.3 Å². The summed E-state index contributed by atoms with van der Waals surface area (Å²) in [6.45, 7) is 6.90. The Morgan fingerprint density at radius 1 is 1.37 bits per heavy atom. The number of hydrogen-bond acceptors (Lipinski definition) is 3. The van der Waals surface area contributed by atoms with Crippen LogP contribution in [0, 0.1) is 5.41 Å². The van der Waals surface area contributed by atoms with Crippen molar-refractivity contribution < 1.29 is 9.90 Å². The van der Waals surface area contributed by atoms with E-state index in [1.54, 1.807) is 0 Å². The van der Waals surface area contributed by atoms with Crippen molar-refractivity contribution in [3.63, 3.8) is 0 Å². The molecule has 1 rings (SSSR count). The number of aliphatic carboxylic acids is 1. The lowest BCUT2D eigenvalue weighted by molar-refractivity contribution is -0.150. The Balaban J connectivity index is 2.92. The molecule has 19 heavy (non-hydrogen) atoms. The third-order valence-electron chi connectivity index (χ3n) is 3.77. The van der Waals surface area contributed by atoms with Crippen LogP contribution in [0.1, 0.15) is 58.7 Å². The van der Waals surface area contributed by atoms with Gasteiger partial charge in [0, 0.05) is 13.0 Å². The van der Waals surface area contributed by atoms with Crippen molar-refractivity contribution in [3.8, 4) is 0 Å². The van der Waals surface area contributed by atoms with Gasteiger partial charge < -0.3 is 5.11 Å². The van der Waals surface area contributed by atoms with E-state index in [-0.39, 0.29) is 0 Å². The first kappa shape index (κ1) is 15.7. The lowest BCUT2D eigenvalue weighted by atomic mass is 9.77. The van der Waals surface area contributed by atoms with Crippen molar-refractivity contribution in [2.24, 2.45) is 5.41 Å². The third-order valence-corrected chi connectivity index (χ3v) is 3.77. The highest BCUT2D eigenvalue weighted by atomic mass is 16.4. The number of unbranched alkanes of at least 4 members (excludes halogenated alkanes) is 1. The average Bonchev–Trinajstić information content (AvgIpc) is 2.82. The van der Waals surface area contributed by atoms with Crippen molar-refractivity contribution >= 4 is 5.97 Å². The summed E-state index contributed by atoms with van der Waals surface area (Å²) in [7, 11) is 0. The van der Waals surface area contributed by atoms with Gasteiger partial charge in [0.1, 0.15) is 12.2 Å². The lowest BCUT2D eigenvalue weighted by Crippen LogP contribution is -2.34. The molecule has 1 unspecified atom stereocenters. The van der Waals surface area contributed by atoms with Crippen molar-refractivity contribution in [2.45, 2.75) is 65.8 Å². The van der Waals surface area contributed by atoms with E-state index in [4.69, 9.17) is 0 Å². The molecule has 0 amide bonds. The molecule has 108 valence electrons. The second-order valence-electron chi connectivity index (χ2n) is 5.12. The van der Waals surface area contributed by atoms with E-state index in [1.807, 2.05) is 11.6 Å². The van der Waals surface area contributed by atoms with Crippen molar-refractivity contribution in [3.05, 3.63) is 12.2 Å². The molecule has 0 aliphatic rings. The maximum absolute atomic E-state index is 11.7. The highest BCUT2D eigenvalue weighted by Gasteiger charge is 2.37. The minimum atomic E-state index is -0.713. The summed E-state index contributed by atoms with van der Waals surface area (Å²) < 4.78 is 1.83. The molecule has 0 spiro atoms. The van der Waals surface area contributed by atoms with Crippen molar-refractivity contribution in [1.29, 1.82) is 0 Å². The number of aromatic nitrogens is 3. The first-order valence-corrected chi connectivity index (χ1v) is 7.19. The molecular formula is C14H25N3O2. The average molecular weight is 267 g/mol. The zero-order valence-electron chi connectivity index (χ0n) is 12.2. The first-order chi connectivity index (χ1) is 9.09. The van der Waals surface area contributed by atoms with Crippen LogP contribution in [0.3, 0.4) is 0 Å². The van der Waals surface area contributed by atoms with Gasteiger partial charge in [0.15, 0.2) is 0 Å². The zero-order valence-corrected chi connectivity index (χ0v) is 12.2. The van der Waals surface area contributed by atoms with Gasteiger partial charge in [-0.25, -0.2) is 4.98 Å². The molecule has 0 saturated heterocycles. The number of rotatable bonds is 9. The molecule has 1 aromatic rings. The molecule has 0 aliphatic carbocycles. The van der Waals surface area contributed by atoms with Crippen LogP contribution in [0.25, 0.3) is 0 Å². The first-order valence-electron chi connectivity index (χ1n) is 7.19. The molecule has 5 nitrogen and oxygen atoms in total. The van der Waals surface area contributed by atoms with Crippen LogP contribution in [-0.2, 0) is 17.8 Å². The van der Waals surface area contributed by atoms with E-state index in [9.17, 15) is 9.90 Å². The summed E-state index contributed by atoms with van der Waals surface area (Å²) in [5.74, 6) is 0.0803. The molecule has 0 radical (unpaired) electrons. The summed E-state index contributed by atoms with van der Waals surface area (Å²) in [6.07, 6.45) is 6.23. The second kappa shape index (κ2) is 7.26. The van der Waals surface area contributed by atoms with Crippen molar-refractivity contribution in [2.75, 3.05) is 0 Å². The van der Waals surface area contributed by atoms with Crippen LogP contribution < -0.4 is 0 Å². The van der Waals surface area contributed by atoms with E-state index < -0.39 is 11.4 Å². The summed E-state index contributed by atoms with van der Waals surface area (Å²) >= 11 is 0. The van der Waals surface area contributed by atoms with Gasteiger partial charge in [0.2, 0.25) is 0 Å². The van der Waals surface area contributed by atoms with Gasteiger partial charge in [0.25, 0.3) is 0 Å². The highest BCUT2D eigenvalue weighted by Crippen LogP contribution is 2.33. The van der Waals surface area contributed by atoms with Crippen LogP contribution in [-0.4, -0.2) is 25.8 Å². The number of carboxylic acids is 1. The normalized spacial score (nSPS) is 14.3. The van der Waals surface area contributed by atoms with Gasteiger partial charge >= 0.3 is 5.97 Å². The maximum atomic E-state index is 11.7. The Morgan fingerprint density at radius 2 is 2.11 bits per heavy atom. The van der Waals surface area contributed by atoms with E-state index in [0.29, 0.717) is 19.3 Å². The number of carboxylic acid groups (broad SMARTS) is 1. The second-order valence-corrected chi connectivity index (χ2v) is 5.12. The Hall–Kier alpha value is -1.39. The number of hydrogen-bond donors (Lipinski definition) is 1. The van der Waals surface area contributed by atoms with Crippen molar-refractivity contribution in [1.82, 2.24) is 14.8 Å². The van der Waals surface area contributed by atoms with Gasteiger partial charge in [-0.3, -0.25) is 9.48 Å². The summed E-state index contributed by atoms with van der Waals surface area (Å²) in [6, 6.07) is 0. The molecular weight excluding hydrogens is 242 g/mol. The quantitative estimate of drug-likeness (QED) is 0.747. The molecule has 1 heterocycles. The van der Waals surface area contributed by atoms with Crippen LogP contribution in [0.5, 0.6) is 0 Å². The molecule has 0 aromatic carbocycles. The molecule has 1 atom stereocenters. The summed E-state index contributed by atoms with van der Waals surface area (Å²) in [4.78, 5) is 15.9. The monoisotopic (exact) mass is 267 g/mol. The summed E-state index contributed by atoms with van der Waals surface area (Å²) in [5, 5.41) is 13.8. The van der Waals surface area contributed by atoms with Gasteiger partial charge in [-0.2, -0.15) is 5.10 Å². The van der Waals surface area contributed by atoms with E-state index in [0.717, 1.165) is 31.6 Å². The SMILES string of the molecule is CCCCC(CC)(Cc1ncnn1CCC)C(=O)O. The third kappa shape index (κ3) is 3.78. The van der Waals surface area contributed by atoms with Crippen LogP contribution in [0.4, 0.5) is 0 Å². The minimum absolute atomic E-state index is 0.471. The maximum Gasteiger partial charge on any atom is 0.310 e. The Kier molecular flexibility index (Phi) is 5.99. The molecule has 0 aliphatic heterocycles. The molecule has 0 fully saturated rings. The van der Waals surface area contributed by atoms with Gasteiger partial charge in [0.05, 0.1) is 5.41 Å². The lowest BCUT2D eigenvalue weighted by Gasteiger charge is -2.27. The fraction of sp³-hybridized carbons (Fsp3) is 0.786. The van der Waals surface area contributed by atoms with Crippen LogP contribution in [0.15, 0.2) is 6.33 Å². The van der Waals surface area contributed by atoms with E-state index in [2.05, 4.69) is 23.9 Å². The molecule has 1 aromatic heterocycles. The van der Waals surface area contributed by atoms with E-state index in [1.165, 1.54) is 6.33 Å². The molecule has 0 saturated carbocycles. The number of aryl methyl sites for hydroxylation is 1. The summed E-state index contributed by atoms with van der Waals surface area (Å²) in [5.41, 5.74) is -0.700. The Bertz CT molecular complexity index is 403. The topological polar surface area (TPSA) is 68.0 Å². The van der Waals surface area contributed by atoms with Gasteiger partial charge in [-0.15, -0.1) is 0 Å². The minimum Gasteiger partial charge on any atom is -0.481 e. The predicted molar refractivity (Wildman–Crippen MR) is 73.9 cm³/mol. The predicted octanol–water partition coefficient (Wildman–Crippen LogP) is 2.90. The fourth-order valence-electron chi connectivity index (χ4n) is 2.37. The number of carbonyl (C=O) groups is 1. The molecule has 5 heteroatoms. The van der Waals surface area contributed by atoms with Crippen LogP contribution >= 0.6 is 0 Å². The molecule has 0 bridgehead atoms. The van der Waals surface area contributed by atoms with E-state index >= 15 is 0 Å². The zero-order chi connectivity index (χ0) is 14.3. The Labute approximate surface area is 115 Å². The Morgan fingerprint density at radius 3 is 2.63 bits per heavy atom. The van der Waals surface area contributed by atoms with Gasteiger partial charge in [-0.1, -0.05) is 33.6 Å².